The van der Waals surface area contributed by atoms with Crippen molar-refractivity contribution in [3.05, 3.63) is 88.4 Å². The van der Waals surface area contributed by atoms with Crippen molar-refractivity contribution in [2.45, 2.75) is 6.92 Å². The predicted octanol–water partition coefficient (Wildman–Crippen LogP) is 4.48. The van der Waals surface area contributed by atoms with Crippen LogP contribution < -0.4 is 20.2 Å². The van der Waals surface area contributed by atoms with E-state index < -0.39 is 0 Å². The summed E-state index contributed by atoms with van der Waals surface area (Å²) in [5, 5.41) is 7.57. The third-order valence-electron chi connectivity index (χ3n) is 4.60. The zero-order valence-corrected chi connectivity index (χ0v) is 17.3. The standard InChI is InChI=1S/C23H18ClN3O4/c1-14(26-27-23(29)17-7-10-20-21(12-17)31-13-30-20)16-3-2-4-19(11-16)25-22(28)15-5-8-18(24)9-6-15/h2-12H,13H2,1H3,(H,25,28)(H,27,29)/b26-14+. The van der Waals surface area contributed by atoms with Crippen molar-refractivity contribution in [2.75, 3.05) is 12.1 Å². The normalized spacial score (nSPS) is 12.4. The Morgan fingerprint density at radius 3 is 2.42 bits per heavy atom. The van der Waals surface area contributed by atoms with Gasteiger partial charge in [-0.3, -0.25) is 9.59 Å². The Balaban J connectivity index is 1.43. The predicted molar refractivity (Wildman–Crippen MR) is 118 cm³/mol. The van der Waals surface area contributed by atoms with Crippen molar-refractivity contribution in [1.29, 1.82) is 0 Å². The molecule has 0 atom stereocenters. The van der Waals surface area contributed by atoms with Crippen molar-refractivity contribution in [3.63, 3.8) is 0 Å². The Hall–Kier alpha value is -3.84. The summed E-state index contributed by atoms with van der Waals surface area (Å²) in [5.74, 6) is 0.510. The first-order chi connectivity index (χ1) is 15.0. The number of anilines is 1. The zero-order chi connectivity index (χ0) is 21.8. The summed E-state index contributed by atoms with van der Waals surface area (Å²) in [6, 6.07) is 18.7. The maximum atomic E-state index is 12.4. The highest BCUT2D eigenvalue weighted by atomic mass is 35.5. The molecule has 7 nitrogen and oxygen atoms in total. The molecule has 3 aromatic carbocycles. The van der Waals surface area contributed by atoms with Crippen LogP contribution in [0.4, 0.5) is 5.69 Å². The molecule has 0 aromatic heterocycles. The number of halogens is 1. The van der Waals surface area contributed by atoms with Crippen molar-refractivity contribution in [2.24, 2.45) is 5.10 Å². The highest BCUT2D eigenvalue weighted by Gasteiger charge is 2.16. The molecule has 156 valence electrons. The first-order valence-corrected chi connectivity index (χ1v) is 9.79. The van der Waals surface area contributed by atoms with Crippen LogP contribution in [0.2, 0.25) is 5.02 Å². The number of benzene rings is 3. The monoisotopic (exact) mass is 435 g/mol. The lowest BCUT2D eigenvalue weighted by Crippen LogP contribution is -2.19. The van der Waals surface area contributed by atoms with Crippen LogP contribution in [-0.4, -0.2) is 24.3 Å². The third kappa shape index (κ3) is 4.84. The van der Waals surface area contributed by atoms with E-state index in [2.05, 4.69) is 15.8 Å². The fraction of sp³-hybridized carbons (Fsp3) is 0.0870. The van der Waals surface area contributed by atoms with E-state index in [4.69, 9.17) is 21.1 Å². The summed E-state index contributed by atoms with van der Waals surface area (Å²) in [4.78, 5) is 24.8. The Kier molecular flexibility index (Phi) is 5.86. The number of hydrogen-bond donors (Lipinski definition) is 2. The first-order valence-electron chi connectivity index (χ1n) is 9.41. The van der Waals surface area contributed by atoms with Crippen LogP contribution in [0.1, 0.15) is 33.2 Å². The number of hydrazone groups is 1. The maximum absolute atomic E-state index is 12.4. The van der Waals surface area contributed by atoms with Crippen molar-refractivity contribution in [1.82, 2.24) is 5.43 Å². The summed E-state index contributed by atoms with van der Waals surface area (Å²) >= 11 is 5.86. The number of carbonyl (C=O) groups is 2. The van der Waals surface area contributed by atoms with Gasteiger partial charge < -0.3 is 14.8 Å². The van der Waals surface area contributed by atoms with E-state index >= 15 is 0 Å². The summed E-state index contributed by atoms with van der Waals surface area (Å²) in [6.45, 7) is 1.91. The molecule has 2 amide bonds. The van der Waals surface area contributed by atoms with E-state index in [9.17, 15) is 9.59 Å². The molecule has 0 aliphatic carbocycles. The quantitative estimate of drug-likeness (QED) is 0.457. The molecule has 1 heterocycles. The van der Waals surface area contributed by atoms with E-state index in [0.717, 1.165) is 5.56 Å². The number of ether oxygens (including phenoxy) is 2. The van der Waals surface area contributed by atoms with Crippen molar-refractivity contribution >= 4 is 34.8 Å². The van der Waals surface area contributed by atoms with Crippen LogP contribution in [0.5, 0.6) is 11.5 Å². The van der Waals surface area contributed by atoms with Gasteiger partial charge in [-0.1, -0.05) is 23.7 Å². The summed E-state index contributed by atoms with van der Waals surface area (Å²) in [5.41, 5.74) is 5.37. The minimum absolute atomic E-state index is 0.141. The Morgan fingerprint density at radius 2 is 1.61 bits per heavy atom. The van der Waals surface area contributed by atoms with Crippen LogP contribution in [0.3, 0.4) is 0 Å². The number of amides is 2. The molecule has 0 fully saturated rings. The molecule has 0 bridgehead atoms. The molecule has 8 heteroatoms. The summed E-state index contributed by atoms with van der Waals surface area (Å²) in [7, 11) is 0. The SMILES string of the molecule is C/C(=N\NC(=O)c1ccc2c(c1)OCO2)c1cccc(NC(=O)c2ccc(Cl)cc2)c1. The molecule has 1 aliphatic heterocycles. The summed E-state index contributed by atoms with van der Waals surface area (Å²) in [6.07, 6.45) is 0. The van der Waals surface area contributed by atoms with E-state index in [-0.39, 0.29) is 18.6 Å². The Bertz CT molecular complexity index is 1180. The van der Waals surface area contributed by atoms with Crippen LogP contribution in [0.15, 0.2) is 71.8 Å². The average Bonchev–Trinajstić information content (AvgIpc) is 3.25. The van der Waals surface area contributed by atoms with E-state index in [1.165, 1.54) is 0 Å². The minimum atomic E-state index is -0.371. The highest BCUT2D eigenvalue weighted by Crippen LogP contribution is 2.32. The van der Waals surface area contributed by atoms with Crippen LogP contribution in [-0.2, 0) is 0 Å². The van der Waals surface area contributed by atoms with Gasteiger partial charge in [0, 0.05) is 21.8 Å². The van der Waals surface area contributed by atoms with Gasteiger partial charge in [0.2, 0.25) is 6.79 Å². The number of carbonyl (C=O) groups excluding carboxylic acids is 2. The summed E-state index contributed by atoms with van der Waals surface area (Å²) < 4.78 is 10.5. The van der Waals surface area contributed by atoms with Crippen LogP contribution in [0, 0.1) is 0 Å². The molecule has 3 aromatic rings. The number of hydrogen-bond acceptors (Lipinski definition) is 5. The fourth-order valence-electron chi connectivity index (χ4n) is 2.93. The largest absolute Gasteiger partial charge is 0.454 e. The molecule has 0 unspecified atom stereocenters. The Labute approximate surface area is 183 Å². The lowest BCUT2D eigenvalue weighted by Gasteiger charge is -2.08. The minimum Gasteiger partial charge on any atom is -0.454 e. The van der Waals surface area contributed by atoms with E-state index in [1.807, 2.05) is 6.07 Å². The molecule has 4 rings (SSSR count). The number of nitrogens with zero attached hydrogens (tertiary/aromatic N) is 1. The Morgan fingerprint density at radius 1 is 0.871 bits per heavy atom. The number of nitrogens with one attached hydrogen (secondary N) is 2. The first kappa shape index (κ1) is 20.4. The van der Waals surface area contributed by atoms with Gasteiger partial charge in [0.1, 0.15) is 0 Å². The second-order valence-electron chi connectivity index (χ2n) is 6.75. The second-order valence-corrected chi connectivity index (χ2v) is 7.18. The molecular formula is C23H18ClN3O4. The van der Waals surface area contributed by atoms with Crippen LogP contribution >= 0.6 is 11.6 Å². The molecular weight excluding hydrogens is 418 g/mol. The second kappa shape index (κ2) is 8.89. The van der Waals surface area contributed by atoms with Crippen molar-refractivity contribution < 1.29 is 19.1 Å². The molecule has 1 aliphatic rings. The van der Waals surface area contributed by atoms with Gasteiger partial charge in [-0.25, -0.2) is 5.43 Å². The van der Waals surface area contributed by atoms with E-state index in [1.54, 1.807) is 67.6 Å². The van der Waals surface area contributed by atoms with Gasteiger partial charge in [-0.05, 0) is 67.1 Å². The molecule has 0 saturated heterocycles. The molecule has 31 heavy (non-hydrogen) atoms. The topological polar surface area (TPSA) is 89.0 Å². The smallest absolute Gasteiger partial charge is 0.271 e. The number of fused-ring (bicyclic) bond motifs is 1. The average molecular weight is 436 g/mol. The molecule has 0 radical (unpaired) electrons. The third-order valence-corrected chi connectivity index (χ3v) is 4.86. The van der Waals surface area contributed by atoms with Gasteiger partial charge in [-0.2, -0.15) is 5.10 Å². The van der Waals surface area contributed by atoms with Crippen LogP contribution in [0.25, 0.3) is 0 Å². The lowest BCUT2D eigenvalue weighted by molar-refractivity contribution is 0.0953. The molecule has 0 spiro atoms. The molecule has 0 saturated carbocycles. The fourth-order valence-corrected chi connectivity index (χ4v) is 3.05. The zero-order valence-electron chi connectivity index (χ0n) is 16.5. The maximum Gasteiger partial charge on any atom is 0.271 e. The van der Waals surface area contributed by atoms with Crippen molar-refractivity contribution in [3.8, 4) is 11.5 Å². The molecule has 2 N–H and O–H groups in total. The van der Waals surface area contributed by atoms with E-state index in [0.29, 0.717) is 39.0 Å². The van der Waals surface area contributed by atoms with Gasteiger partial charge >= 0.3 is 0 Å². The van der Waals surface area contributed by atoms with Gasteiger partial charge in [0.15, 0.2) is 11.5 Å². The number of rotatable bonds is 5. The van der Waals surface area contributed by atoms with Gasteiger partial charge in [-0.15, -0.1) is 0 Å². The van der Waals surface area contributed by atoms with Gasteiger partial charge in [0.25, 0.3) is 11.8 Å². The van der Waals surface area contributed by atoms with Gasteiger partial charge in [0.05, 0.1) is 5.71 Å². The highest BCUT2D eigenvalue weighted by molar-refractivity contribution is 6.30. The lowest BCUT2D eigenvalue weighted by atomic mass is 10.1.